The maximum atomic E-state index is 12.4. The third-order valence-electron chi connectivity index (χ3n) is 8.35. The second-order valence-corrected chi connectivity index (χ2v) is 9.00. The van der Waals surface area contributed by atoms with Crippen LogP contribution < -0.4 is 0 Å². The summed E-state index contributed by atoms with van der Waals surface area (Å²) in [6, 6.07) is 0. The van der Waals surface area contributed by atoms with Gasteiger partial charge in [0.1, 0.15) is 5.78 Å². The number of rotatable bonds is 0. The van der Waals surface area contributed by atoms with Gasteiger partial charge in [-0.2, -0.15) is 0 Å². The van der Waals surface area contributed by atoms with Gasteiger partial charge in [-0.05, 0) is 80.5 Å². The first kappa shape index (κ1) is 17.5. The molecular weight excluding hydrogens is 283 g/mol. The van der Waals surface area contributed by atoms with Gasteiger partial charge in [-0.25, -0.2) is 0 Å². The van der Waals surface area contributed by atoms with E-state index >= 15 is 0 Å². The van der Waals surface area contributed by atoms with Crippen molar-refractivity contribution in [1.29, 1.82) is 0 Å². The van der Waals surface area contributed by atoms with Gasteiger partial charge in [0, 0.05) is 11.8 Å². The minimum absolute atomic E-state index is 0. The number of carbonyl (C=O) groups is 1. The van der Waals surface area contributed by atoms with Crippen LogP contribution in [0.3, 0.4) is 0 Å². The van der Waals surface area contributed by atoms with Crippen LogP contribution in [0.1, 0.15) is 71.6 Å². The Bertz CT molecular complexity index is 464. The van der Waals surface area contributed by atoms with E-state index in [4.69, 9.17) is 0 Å². The summed E-state index contributed by atoms with van der Waals surface area (Å²) in [5.74, 6) is 3.54. The molecule has 2 nitrogen and oxygen atoms in total. The monoisotopic (exact) mass is 314 g/mol. The van der Waals surface area contributed by atoms with E-state index < -0.39 is 0 Å². The van der Waals surface area contributed by atoms with E-state index in [-0.39, 0.29) is 41.1 Å². The van der Waals surface area contributed by atoms with Crippen molar-refractivity contribution in [2.45, 2.75) is 77.7 Å². The van der Waals surface area contributed by atoms with Crippen LogP contribution in [0.4, 0.5) is 0 Å². The Morgan fingerprint density at radius 1 is 1.00 bits per heavy atom. The van der Waals surface area contributed by atoms with Gasteiger partial charge < -0.3 is 5.11 Å². The molecule has 4 fully saturated rings. The number of carbonyl (C=O) groups excluding carboxylic acids is 1. The molecule has 0 aromatic heterocycles. The van der Waals surface area contributed by atoms with Gasteiger partial charge in [-0.3, -0.25) is 4.79 Å². The van der Waals surface area contributed by atoms with Crippen molar-refractivity contribution < 1.29 is 9.90 Å². The van der Waals surface area contributed by atoms with E-state index in [0.29, 0.717) is 17.1 Å². The Labute approximate surface area is 157 Å². The molecular formula is C19H31NaO2. The van der Waals surface area contributed by atoms with E-state index in [2.05, 4.69) is 13.8 Å². The summed E-state index contributed by atoms with van der Waals surface area (Å²) in [6.45, 7) is 4.78. The Kier molecular flexibility index (Phi) is 4.65. The molecule has 0 aromatic carbocycles. The zero-order chi connectivity index (χ0) is 14.8. The number of Topliss-reactive ketones (excluding diaryl/α,β-unsaturated/α-hetero) is 1. The summed E-state index contributed by atoms with van der Waals surface area (Å²) >= 11 is 0. The summed E-state index contributed by atoms with van der Waals surface area (Å²) < 4.78 is 0. The second kappa shape index (κ2) is 5.86. The van der Waals surface area contributed by atoms with E-state index in [9.17, 15) is 9.90 Å². The molecule has 4 saturated carbocycles. The predicted molar refractivity (Wildman–Crippen MR) is 89.9 cm³/mol. The summed E-state index contributed by atoms with van der Waals surface area (Å²) in [4.78, 5) is 12.4. The molecule has 1 N–H and O–H groups in total. The first-order valence-corrected chi connectivity index (χ1v) is 9.16. The van der Waals surface area contributed by atoms with Crippen molar-refractivity contribution in [1.82, 2.24) is 0 Å². The molecule has 120 valence electrons. The Hall–Kier alpha value is 0.630. The SMILES string of the molecule is C[C@]12CC[C@@H](O)CC1CC[C@@H]1C3CCC(=O)[C@@]3(C)CC[C@H]12.[NaH]. The van der Waals surface area contributed by atoms with Gasteiger partial charge in [0.25, 0.3) is 0 Å². The van der Waals surface area contributed by atoms with Gasteiger partial charge >= 0.3 is 29.6 Å². The molecule has 3 heteroatoms. The van der Waals surface area contributed by atoms with E-state index in [1.165, 1.54) is 25.7 Å². The van der Waals surface area contributed by atoms with Crippen LogP contribution in [-0.2, 0) is 4.79 Å². The Morgan fingerprint density at radius 2 is 1.77 bits per heavy atom. The molecule has 0 aliphatic heterocycles. The van der Waals surface area contributed by atoms with Gasteiger partial charge in [0.2, 0.25) is 0 Å². The molecule has 0 spiro atoms. The minimum atomic E-state index is -0.0541. The number of aliphatic hydroxyl groups excluding tert-OH is 1. The van der Waals surface area contributed by atoms with Crippen LogP contribution in [-0.4, -0.2) is 46.6 Å². The summed E-state index contributed by atoms with van der Waals surface area (Å²) in [5.41, 5.74) is 0.452. The molecule has 0 bridgehead atoms. The van der Waals surface area contributed by atoms with Crippen molar-refractivity contribution in [3.63, 3.8) is 0 Å². The zero-order valence-corrected chi connectivity index (χ0v) is 13.6. The third-order valence-corrected chi connectivity index (χ3v) is 8.35. The zero-order valence-electron chi connectivity index (χ0n) is 13.6. The van der Waals surface area contributed by atoms with Crippen LogP contribution in [0.2, 0.25) is 0 Å². The first-order valence-electron chi connectivity index (χ1n) is 9.16. The summed E-state index contributed by atoms with van der Waals surface area (Å²) in [6.07, 6.45) is 10.1. The number of hydrogen-bond acceptors (Lipinski definition) is 2. The average molecular weight is 314 g/mol. The van der Waals surface area contributed by atoms with Gasteiger partial charge in [0.15, 0.2) is 0 Å². The second-order valence-electron chi connectivity index (χ2n) is 9.00. The van der Waals surface area contributed by atoms with Crippen molar-refractivity contribution in [2.24, 2.45) is 34.5 Å². The third kappa shape index (κ3) is 2.31. The topological polar surface area (TPSA) is 37.3 Å². The summed E-state index contributed by atoms with van der Waals surface area (Å²) in [7, 11) is 0. The van der Waals surface area contributed by atoms with E-state index in [0.717, 1.165) is 49.9 Å². The van der Waals surface area contributed by atoms with Gasteiger partial charge in [-0.1, -0.05) is 13.8 Å². The van der Waals surface area contributed by atoms with Crippen LogP contribution in [0.25, 0.3) is 0 Å². The molecule has 0 heterocycles. The van der Waals surface area contributed by atoms with Gasteiger partial charge in [0.05, 0.1) is 6.10 Å². The van der Waals surface area contributed by atoms with Crippen LogP contribution in [0.5, 0.6) is 0 Å². The molecule has 0 aromatic rings. The fraction of sp³-hybridized carbons (Fsp3) is 0.947. The molecule has 4 rings (SSSR count). The molecule has 0 amide bonds. The standard InChI is InChI=1S/C19H30O2.Na.H/c1-18-9-7-13(20)11-12(18)3-4-14-15-5-6-17(21)19(15,2)10-8-16(14)18;;/h12-16,20H,3-11H2,1-2H3;;/t12?,13-,14-,15?,16-,18+,19+;;/m1../s1. The van der Waals surface area contributed by atoms with Crippen molar-refractivity contribution in [3.05, 3.63) is 0 Å². The molecule has 7 atom stereocenters. The van der Waals surface area contributed by atoms with Crippen molar-refractivity contribution in [3.8, 4) is 0 Å². The van der Waals surface area contributed by atoms with Gasteiger partial charge in [-0.15, -0.1) is 0 Å². The normalized spacial score (nSPS) is 54.0. The van der Waals surface area contributed by atoms with E-state index in [1.54, 1.807) is 0 Å². The fourth-order valence-electron chi connectivity index (χ4n) is 7.01. The maximum absolute atomic E-state index is 12.4. The number of ketones is 1. The molecule has 0 radical (unpaired) electrons. The number of hydrogen-bond donors (Lipinski definition) is 1. The Balaban J connectivity index is 0.00000144. The van der Waals surface area contributed by atoms with Crippen LogP contribution in [0, 0.1) is 34.5 Å². The molecule has 2 unspecified atom stereocenters. The fourth-order valence-corrected chi connectivity index (χ4v) is 7.01. The molecule has 4 aliphatic carbocycles. The van der Waals surface area contributed by atoms with Crippen LogP contribution in [0.15, 0.2) is 0 Å². The predicted octanol–water partition coefficient (Wildman–Crippen LogP) is 3.31. The van der Waals surface area contributed by atoms with Crippen molar-refractivity contribution >= 4 is 35.3 Å². The average Bonchev–Trinajstić information content (AvgIpc) is 2.76. The summed E-state index contributed by atoms with van der Waals surface area (Å²) in [5, 5.41) is 10.0. The first-order chi connectivity index (χ1) is 9.95. The Morgan fingerprint density at radius 3 is 2.55 bits per heavy atom. The van der Waals surface area contributed by atoms with Crippen LogP contribution >= 0.6 is 0 Å². The van der Waals surface area contributed by atoms with Crippen molar-refractivity contribution in [2.75, 3.05) is 0 Å². The molecule has 22 heavy (non-hydrogen) atoms. The molecule has 0 saturated heterocycles. The molecule has 4 aliphatic rings. The number of fused-ring (bicyclic) bond motifs is 5. The number of aliphatic hydroxyl groups is 1. The quantitative estimate of drug-likeness (QED) is 0.697. The van der Waals surface area contributed by atoms with E-state index in [1.807, 2.05) is 0 Å².